The van der Waals surface area contributed by atoms with Gasteiger partial charge in [0.25, 0.3) is 0 Å². The van der Waals surface area contributed by atoms with Crippen LogP contribution in [0.3, 0.4) is 0 Å². The second-order valence-corrected chi connectivity index (χ2v) is 7.59. The number of aromatic nitrogens is 4. The topological polar surface area (TPSA) is 67.7 Å². The Balaban J connectivity index is 1.58. The normalized spacial score (nSPS) is 14.7. The Hall–Kier alpha value is -3.48. The van der Waals surface area contributed by atoms with Gasteiger partial charge < -0.3 is 10.6 Å². The van der Waals surface area contributed by atoms with Crippen molar-refractivity contribution >= 4 is 28.7 Å². The lowest BCUT2D eigenvalue weighted by atomic mass is 9.96. The molecule has 0 amide bonds. The molecule has 0 spiro atoms. The lowest BCUT2D eigenvalue weighted by molar-refractivity contribution is 0.461. The van der Waals surface area contributed by atoms with Gasteiger partial charge in [0, 0.05) is 6.04 Å². The van der Waals surface area contributed by atoms with Crippen molar-refractivity contribution < 1.29 is 4.39 Å². The highest BCUT2D eigenvalue weighted by Gasteiger charge is 2.18. The van der Waals surface area contributed by atoms with Crippen LogP contribution in [0.5, 0.6) is 0 Å². The van der Waals surface area contributed by atoms with E-state index in [1.807, 2.05) is 34.9 Å². The smallest absolute Gasteiger partial charge is 0.224 e. The van der Waals surface area contributed by atoms with Crippen molar-refractivity contribution in [2.45, 2.75) is 38.1 Å². The first-order chi connectivity index (χ1) is 14.8. The minimum Gasteiger partial charge on any atom is -0.351 e. The number of nitrogens with zero attached hydrogens (tertiary/aromatic N) is 4. The van der Waals surface area contributed by atoms with Gasteiger partial charge in [0.05, 0.1) is 17.6 Å². The highest BCUT2D eigenvalue weighted by molar-refractivity contribution is 5.79. The predicted octanol–water partition coefficient (Wildman–Crippen LogP) is 5.44. The van der Waals surface area contributed by atoms with Gasteiger partial charge in [-0.3, -0.25) is 4.57 Å². The minimum absolute atomic E-state index is 0.338. The first kappa shape index (κ1) is 18.5. The number of rotatable bonds is 5. The van der Waals surface area contributed by atoms with Crippen molar-refractivity contribution in [1.82, 2.24) is 19.5 Å². The molecule has 2 aromatic carbocycles. The Kier molecular flexibility index (Phi) is 5.01. The second kappa shape index (κ2) is 8.10. The van der Waals surface area contributed by atoms with Gasteiger partial charge >= 0.3 is 0 Å². The molecule has 0 radical (unpaired) electrons. The summed E-state index contributed by atoms with van der Waals surface area (Å²) in [5, 5.41) is 6.59. The number of anilines is 3. The van der Waals surface area contributed by atoms with Crippen LogP contribution in [0.1, 0.15) is 32.1 Å². The zero-order valence-corrected chi connectivity index (χ0v) is 16.6. The highest BCUT2D eigenvalue weighted by atomic mass is 19.1. The average Bonchev–Trinajstić information content (AvgIpc) is 3.14. The fourth-order valence-corrected chi connectivity index (χ4v) is 3.96. The zero-order valence-electron chi connectivity index (χ0n) is 16.6. The summed E-state index contributed by atoms with van der Waals surface area (Å²) in [6.45, 7) is 0. The molecule has 7 heteroatoms. The maximum atomic E-state index is 14.3. The van der Waals surface area contributed by atoms with Crippen LogP contribution < -0.4 is 10.6 Å². The summed E-state index contributed by atoms with van der Waals surface area (Å²) in [4.78, 5) is 13.9. The Morgan fingerprint density at radius 3 is 2.47 bits per heavy atom. The number of fused-ring (bicyclic) bond motifs is 1. The quantitative estimate of drug-likeness (QED) is 0.465. The van der Waals surface area contributed by atoms with Crippen molar-refractivity contribution in [3.05, 3.63) is 66.6 Å². The summed E-state index contributed by atoms with van der Waals surface area (Å²) in [5.41, 5.74) is 2.57. The first-order valence-corrected chi connectivity index (χ1v) is 10.4. The van der Waals surface area contributed by atoms with Crippen LogP contribution in [0, 0.1) is 5.82 Å². The van der Waals surface area contributed by atoms with Gasteiger partial charge in [-0.2, -0.15) is 4.98 Å². The average molecular weight is 402 g/mol. The zero-order chi connectivity index (χ0) is 20.3. The molecular formula is C23H23FN6. The van der Waals surface area contributed by atoms with E-state index in [0.717, 1.165) is 18.5 Å². The molecule has 0 unspecified atom stereocenters. The Morgan fingerprint density at radius 2 is 1.67 bits per heavy atom. The van der Waals surface area contributed by atoms with Crippen LogP contribution >= 0.6 is 0 Å². The maximum Gasteiger partial charge on any atom is 0.224 e. The third-order valence-electron chi connectivity index (χ3n) is 5.47. The summed E-state index contributed by atoms with van der Waals surface area (Å²) < 4.78 is 16.2. The maximum absolute atomic E-state index is 14.3. The fraction of sp³-hybridized carbons (Fsp3) is 0.261. The molecule has 2 heterocycles. The molecule has 5 rings (SSSR count). The van der Waals surface area contributed by atoms with Gasteiger partial charge in [-0.15, -0.1) is 0 Å². The van der Waals surface area contributed by atoms with E-state index in [1.54, 1.807) is 24.4 Å². The van der Waals surface area contributed by atoms with E-state index in [1.165, 1.54) is 25.3 Å². The van der Waals surface area contributed by atoms with E-state index in [4.69, 9.17) is 4.98 Å². The van der Waals surface area contributed by atoms with Gasteiger partial charge in [-0.05, 0) is 37.1 Å². The van der Waals surface area contributed by atoms with Gasteiger partial charge in [-0.1, -0.05) is 49.6 Å². The van der Waals surface area contributed by atoms with Gasteiger partial charge in [0.2, 0.25) is 11.9 Å². The van der Waals surface area contributed by atoms with Crippen molar-refractivity contribution in [3.8, 4) is 5.69 Å². The third-order valence-corrected chi connectivity index (χ3v) is 5.47. The van der Waals surface area contributed by atoms with Crippen molar-refractivity contribution in [2.24, 2.45) is 0 Å². The molecule has 0 aliphatic heterocycles. The third kappa shape index (κ3) is 3.70. The second-order valence-electron chi connectivity index (χ2n) is 7.59. The lowest BCUT2D eigenvalue weighted by Gasteiger charge is -2.22. The Labute approximate surface area is 174 Å². The lowest BCUT2D eigenvalue weighted by Crippen LogP contribution is -2.23. The molecule has 2 N–H and O–H groups in total. The number of hydrogen-bond acceptors (Lipinski definition) is 5. The van der Waals surface area contributed by atoms with E-state index in [0.29, 0.717) is 34.8 Å². The number of nitrogens with one attached hydrogen (secondary N) is 2. The molecule has 1 aliphatic rings. The van der Waals surface area contributed by atoms with E-state index >= 15 is 0 Å². The van der Waals surface area contributed by atoms with Gasteiger partial charge in [0.1, 0.15) is 11.3 Å². The summed E-state index contributed by atoms with van der Waals surface area (Å²) in [7, 11) is 0. The molecule has 6 nitrogen and oxygen atoms in total. The summed E-state index contributed by atoms with van der Waals surface area (Å²) in [6, 6.07) is 16.8. The molecule has 4 aromatic rings. The number of halogens is 1. The number of imidazole rings is 1. The van der Waals surface area contributed by atoms with Crippen molar-refractivity contribution in [1.29, 1.82) is 0 Å². The predicted molar refractivity (Wildman–Crippen MR) is 117 cm³/mol. The van der Waals surface area contributed by atoms with Crippen LogP contribution in [0.25, 0.3) is 16.9 Å². The molecule has 30 heavy (non-hydrogen) atoms. The van der Waals surface area contributed by atoms with Crippen LogP contribution in [-0.4, -0.2) is 25.6 Å². The summed E-state index contributed by atoms with van der Waals surface area (Å²) >= 11 is 0. The molecule has 1 fully saturated rings. The van der Waals surface area contributed by atoms with Gasteiger partial charge in [0.15, 0.2) is 5.65 Å². The first-order valence-electron chi connectivity index (χ1n) is 10.4. The van der Waals surface area contributed by atoms with E-state index in [9.17, 15) is 4.39 Å². The molecule has 2 aromatic heterocycles. The molecule has 0 bridgehead atoms. The van der Waals surface area contributed by atoms with E-state index < -0.39 is 0 Å². The number of hydrogen-bond donors (Lipinski definition) is 2. The largest absolute Gasteiger partial charge is 0.351 e. The van der Waals surface area contributed by atoms with Crippen LogP contribution in [0.15, 0.2) is 60.8 Å². The molecule has 0 saturated heterocycles. The van der Waals surface area contributed by atoms with Crippen molar-refractivity contribution in [3.63, 3.8) is 0 Å². The molecule has 0 atom stereocenters. The van der Waals surface area contributed by atoms with Crippen LogP contribution in [0.4, 0.5) is 22.0 Å². The molecular weight excluding hydrogens is 379 g/mol. The van der Waals surface area contributed by atoms with Crippen LogP contribution in [-0.2, 0) is 0 Å². The molecule has 1 aliphatic carbocycles. The Morgan fingerprint density at radius 1 is 0.900 bits per heavy atom. The highest BCUT2D eigenvalue weighted by Crippen LogP contribution is 2.28. The van der Waals surface area contributed by atoms with Crippen LogP contribution in [0.2, 0.25) is 0 Å². The van der Waals surface area contributed by atoms with E-state index in [2.05, 4.69) is 20.6 Å². The molecule has 152 valence electrons. The number of para-hydroxylation sites is 2. The molecule has 1 saturated carbocycles. The standard InChI is InChI=1S/C23H23FN6/c24-18-13-7-8-14-19(18)27-23-28-20-15-25-22(26-16-9-3-1-4-10-16)29-21(20)30(23)17-11-5-2-6-12-17/h2,5-8,11-16H,1,3-4,9-10H2,(H,27,28)(H,25,26,29). The SMILES string of the molecule is Fc1ccccc1Nc1nc2cnc(NC3CCCCC3)nc2n1-c1ccccc1. The van der Waals surface area contributed by atoms with Gasteiger partial charge in [-0.25, -0.2) is 14.4 Å². The van der Waals surface area contributed by atoms with E-state index in [-0.39, 0.29) is 5.82 Å². The summed E-state index contributed by atoms with van der Waals surface area (Å²) in [6.07, 6.45) is 7.76. The minimum atomic E-state index is -0.338. The monoisotopic (exact) mass is 402 g/mol. The number of benzene rings is 2. The fourth-order valence-electron chi connectivity index (χ4n) is 3.96. The van der Waals surface area contributed by atoms with Crippen molar-refractivity contribution in [2.75, 3.05) is 10.6 Å². The summed E-state index contributed by atoms with van der Waals surface area (Å²) in [5.74, 6) is 0.754. The Bertz CT molecular complexity index is 1150.